The summed E-state index contributed by atoms with van der Waals surface area (Å²) in [6.45, 7) is 2.42. The molecular weight excluding hydrogens is 474 g/mol. The van der Waals surface area contributed by atoms with Crippen molar-refractivity contribution < 1.29 is 23.9 Å². The minimum absolute atomic E-state index is 0.00614. The van der Waals surface area contributed by atoms with E-state index in [1.54, 1.807) is 48.5 Å². The van der Waals surface area contributed by atoms with Gasteiger partial charge in [-0.1, -0.05) is 35.5 Å². The Morgan fingerprint density at radius 2 is 1.54 bits per heavy atom. The Labute approximate surface area is 213 Å². The van der Waals surface area contributed by atoms with Gasteiger partial charge in [0.1, 0.15) is 5.75 Å². The monoisotopic (exact) mass is 499 g/mol. The number of esters is 1. The number of anilines is 2. The second-order valence-corrected chi connectivity index (χ2v) is 7.90. The van der Waals surface area contributed by atoms with Gasteiger partial charge in [-0.3, -0.25) is 9.59 Å². The average molecular weight is 500 g/mol. The topological polar surface area (TPSA) is 124 Å². The van der Waals surface area contributed by atoms with Crippen LogP contribution in [-0.2, 0) is 16.1 Å². The van der Waals surface area contributed by atoms with Gasteiger partial charge in [-0.25, -0.2) is 9.48 Å². The Morgan fingerprint density at radius 1 is 0.865 bits per heavy atom. The molecule has 188 valence electrons. The van der Waals surface area contributed by atoms with Gasteiger partial charge in [0.05, 0.1) is 19.3 Å². The summed E-state index contributed by atoms with van der Waals surface area (Å²) in [6.07, 6.45) is 1.46. The van der Waals surface area contributed by atoms with Crippen LogP contribution < -0.4 is 15.4 Å². The van der Waals surface area contributed by atoms with Crippen LogP contribution in [0.3, 0.4) is 0 Å². The third-order valence-electron chi connectivity index (χ3n) is 5.12. The Bertz CT molecular complexity index is 1350. The van der Waals surface area contributed by atoms with Crippen molar-refractivity contribution in [3.63, 3.8) is 0 Å². The summed E-state index contributed by atoms with van der Waals surface area (Å²) in [7, 11) is 0. The first-order valence-electron chi connectivity index (χ1n) is 11.6. The molecule has 1 aromatic heterocycles. The molecule has 0 aliphatic heterocycles. The first-order valence-corrected chi connectivity index (χ1v) is 11.6. The predicted octanol–water partition coefficient (Wildman–Crippen LogP) is 3.77. The normalized spacial score (nSPS) is 10.4. The summed E-state index contributed by atoms with van der Waals surface area (Å²) in [5, 5.41) is 13.1. The SMILES string of the molecule is CCOc1ccc(NC(=O)c2ccc(NC(=O)COC(=O)c3cn(Cc4ccccc4)nn3)cc2)cc1. The molecular formula is C27H25N5O5. The number of ether oxygens (including phenoxy) is 2. The van der Waals surface area contributed by atoms with Crippen molar-refractivity contribution in [1.29, 1.82) is 0 Å². The van der Waals surface area contributed by atoms with Gasteiger partial charge >= 0.3 is 5.97 Å². The number of amides is 2. The van der Waals surface area contributed by atoms with Crippen LogP contribution in [0.15, 0.2) is 85.1 Å². The van der Waals surface area contributed by atoms with Gasteiger partial charge in [-0.15, -0.1) is 5.10 Å². The molecule has 0 aliphatic carbocycles. The molecule has 3 aromatic carbocycles. The van der Waals surface area contributed by atoms with Gasteiger partial charge in [0.2, 0.25) is 0 Å². The molecule has 0 atom stereocenters. The quantitative estimate of drug-likeness (QED) is 0.318. The van der Waals surface area contributed by atoms with E-state index in [4.69, 9.17) is 9.47 Å². The molecule has 0 fully saturated rings. The fraction of sp³-hybridized carbons (Fsp3) is 0.148. The molecule has 1 heterocycles. The maximum Gasteiger partial charge on any atom is 0.361 e. The maximum absolute atomic E-state index is 12.5. The zero-order valence-corrected chi connectivity index (χ0v) is 20.1. The molecule has 37 heavy (non-hydrogen) atoms. The molecule has 4 aromatic rings. The van der Waals surface area contributed by atoms with E-state index in [0.717, 1.165) is 11.3 Å². The summed E-state index contributed by atoms with van der Waals surface area (Å²) in [5.74, 6) is -0.857. The number of hydrogen-bond acceptors (Lipinski definition) is 7. The van der Waals surface area contributed by atoms with Crippen LogP contribution in [0.5, 0.6) is 5.75 Å². The van der Waals surface area contributed by atoms with Crippen LogP contribution in [0, 0.1) is 0 Å². The van der Waals surface area contributed by atoms with Gasteiger partial charge in [-0.05, 0) is 61.0 Å². The van der Waals surface area contributed by atoms with E-state index in [0.29, 0.717) is 30.1 Å². The summed E-state index contributed by atoms with van der Waals surface area (Å²) >= 11 is 0. The van der Waals surface area contributed by atoms with Crippen molar-refractivity contribution >= 4 is 29.2 Å². The molecule has 2 N–H and O–H groups in total. The lowest BCUT2D eigenvalue weighted by Gasteiger charge is -2.09. The number of rotatable bonds is 10. The van der Waals surface area contributed by atoms with E-state index < -0.39 is 18.5 Å². The van der Waals surface area contributed by atoms with Gasteiger partial charge in [-0.2, -0.15) is 0 Å². The first-order chi connectivity index (χ1) is 18.0. The summed E-state index contributed by atoms with van der Waals surface area (Å²) in [6, 6.07) is 23.0. The lowest BCUT2D eigenvalue weighted by molar-refractivity contribution is -0.119. The largest absolute Gasteiger partial charge is 0.494 e. The minimum atomic E-state index is -0.754. The highest BCUT2D eigenvalue weighted by Crippen LogP contribution is 2.17. The van der Waals surface area contributed by atoms with Crippen LogP contribution in [0.25, 0.3) is 0 Å². The Morgan fingerprint density at radius 3 is 2.24 bits per heavy atom. The van der Waals surface area contributed by atoms with E-state index in [1.807, 2.05) is 37.3 Å². The van der Waals surface area contributed by atoms with E-state index in [9.17, 15) is 14.4 Å². The number of nitrogens with one attached hydrogen (secondary N) is 2. The number of nitrogens with zero attached hydrogens (tertiary/aromatic N) is 3. The molecule has 0 saturated heterocycles. The van der Waals surface area contributed by atoms with E-state index in [1.165, 1.54) is 10.9 Å². The van der Waals surface area contributed by atoms with Crippen molar-refractivity contribution in [1.82, 2.24) is 15.0 Å². The fourth-order valence-corrected chi connectivity index (χ4v) is 3.35. The zero-order valence-electron chi connectivity index (χ0n) is 20.1. The zero-order chi connectivity index (χ0) is 26.0. The van der Waals surface area contributed by atoms with Crippen molar-refractivity contribution in [3.8, 4) is 5.75 Å². The fourth-order valence-electron chi connectivity index (χ4n) is 3.35. The van der Waals surface area contributed by atoms with Crippen LogP contribution in [0.2, 0.25) is 0 Å². The van der Waals surface area contributed by atoms with Gasteiger partial charge in [0, 0.05) is 16.9 Å². The lowest BCUT2D eigenvalue weighted by atomic mass is 10.2. The highest BCUT2D eigenvalue weighted by molar-refractivity contribution is 6.04. The van der Waals surface area contributed by atoms with Crippen LogP contribution in [-0.4, -0.2) is 46.0 Å². The summed E-state index contributed by atoms with van der Waals surface area (Å²) in [4.78, 5) is 36.9. The van der Waals surface area contributed by atoms with Crippen molar-refractivity contribution in [2.75, 3.05) is 23.8 Å². The standard InChI is InChI=1S/C27H25N5O5/c1-2-36-23-14-12-22(13-15-23)29-26(34)20-8-10-21(11-9-20)28-25(33)18-37-27(35)24-17-32(31-30-24)16-19-6-4-3-5-7-19/h3-15,17H,2,16,18H2,1H3,(H,28,33)(H,29,34). The van der Waals surface area contributed by atoms with Crippen LogP contribution in [0.4, 0.5) is 11.4 Å². The number of carbonyl (C=O) groups is 3. The highest BCUT2D eigenvalue weighted by atomic mass is 16.5. The molecule has 0 saturated carbocycles. The average Bonchev–Trinajstić information content (AvgIpc) is 3.38. The molecule has 0 spiro atoms. The van der Waals surface area contributed by atoms with E-state index >= 15 is 0 Å². The first kappa shape index (κ1) is 25.1. The number of hydrogen-bond donors (Lipinski definition) is 2. The Hall–Kier alpha value is -4.99. The second-order valence-electron chi connectivity index (χ2n) is 7.90. The molecule has 4 rings (SSSR count). The summed E-state index contributed by atoms with van der Waals surface area (Å²) < 4.78 is 11.9. The highest BCUT2D eigenvalue weighted by Gasteiger charge is 2.15. The summed E-state index contributed by atoms with van der Waals surface area (Å²) in [5.41, 5.74) is 2.51. The molecule has 10 heteroatoms. The molecule has 0 aliphatic rings. The molecule has 2 amide bonds. The maximum atomic E-state index is 12.5. The molecule has 10 nitrogen and oxygen atoms in total. The van der Waals surface area contributed by atoms with E-state index in [2.05, 4.69) is 20.9 Å². The molecule has 0 radical (unpaired) electrons. The smallest absolute Gasteiger partial charge is 0.361 e. The molecule has 0 unspecified atom stereocenters. The van der Waals surface area contributed by atoms with Gasteiger partial charge < -0.3 is 20.1 Å². The number of carbonyl (C=O) groups excluding carboxylic acids is 3. The third-order valence-corrected chi connectivity index (χ3v) is 5.12. The van der Waals surface area contributed by atoms with E-state index in [-0.39, 0.29) is 11.6 Å². The second kappa shape index (κ2) is 12.1. The number of aromatic nitrogens is 3. The lowest BCUT2D eigenvalue weighted by Crippen LogP contribution is -2.21. The van der Waals surface area contributed by atoms with Crippen molar-refractivity contribution in [3.05, 3.63) is 102 Å². The van der Waals surface area contributed by atoms with Crippen LogP contribution in [0.1, 0.15) is 33.3 Å². The van der Waals surface area contributed by atoms with Gasteiger partial charge in [0.15, 0.2) is 12.3 Å². The molecule has 0 bridgehead atoms. The third kappa shape index (κ3) is 7.25. The predicted molar refractivity (Wildman–Crippen MR) is 136 cm³/mol. The van der Waals surface area contributed by atoms with Gasteiger partial charge in [0.25, 0.3) is 11.8 Å². The van der Waals surface area contributed by atoms with Crippen molar-refractivity contribution in [2.45, 2.75) is 13.5 Å². The van der Waals surface area contributed by atoms with Crippen LogP contribution >= 0.6 is 0 Å². The Kier molecular flexibility index (Phi) is 8.22. The number of benzene rings is 3. The minimum Gasteiger partial charge on any atom is -0.494 e. The van der Waals surface area contributed by atoms with Crippen molar-refractivity contribution in [2.24, 2.45) is 0 Å². The Balaban J connectivity index is 1.23.